The number of quaternary nitrogens is 2. The van der Waals surface area contributed by atoms with E-state index < -0.39 is 0 Å². The molecule has 36 heavy (non-hydrogen) atoms. The van der Waals surface area contributed by atoms with Crippen LogP contribution in [0.25, 0.3) is 0 Å². The molecule has 3 rings (SSSR count). The standard InChI is InChI=1S/C30H58N2O4/c1-3-5-7-9-11-13-15-17-25-35-29(33)27-31-19-22-32(23-20-31,24-21-31)28-30(34)36-26-18-16-14-12-10-8-6-4-2/h3-28H2,1-2H3/q+2. The summed E-state index contributed by atoms with van der Waals surface area (Å²) in [5.74, 6) is -0.0748. The topological polar surface area (TPSA) is 52.6 Å². The molecule has 6 nitrogen and oxygen atoms in total. The van der Waals surface area contributed by atoms with E-state index in [1.807, 2.05) is 0 Å². The van der Waals surface area contributed by atoms with E-state index in [0.717, 1.165) is 73.9 Å². The zero-order valence-electron chi connectivity index (χ0n) is 23.9. The quantitative estimate of drug-likeness (QED) is 0.102. The molecule has 0 aromatic carbocycles. The minimum atomic E-state index is -0.0374. The van der Waals surface area contributed by atoms with Crippen LogP contribution in [0, 0.1) is 0 Å². The fourth-order valence-corrected chi connectivity index (χ4v) is 5.90. The molecule has 2 bridgehead atoms. The molecule has 0 aliphatic carbocycles. The molecule has 210 valence electrons. The van der Waals surface area contributed by atoms with Gasteiger partial charge in [0, 0.05) is 0 Å². The first-order valence-corrected chi connectivity index (χ1v) is 15.5. The average Bonchev–Trinajstić information content (AvgIpc) is 2.88. The number of fused-ring (bicyclic) bond motifs is 3. The number of piperazine rings is 3. The van der Waals surface area contributed by atoms with Crippen LogP contribution >= 0.6 is 0 Å². The van der Waals surface area contributed by atoms with Crippen LogP contribution in [-0.4, -0.2) is 86.5 Å². The predicted molar refractivity (Wildman–Crippen MR) is 147 cm³/mol. The highest BCUT2D eigenvalue weighted by atomic mass is 16.5. The Balaban J connectivity index is 1.51. The SMILES string of the molecule is CCCCCCCCCCOC(=O)C[N+]12CC[N+](CC(=O)OCCCCCCCCCC)(CC1)CC2. The lowest BCUT2D eigenvalue weighted by molar-refractivity contribution is -1.07. The molecule has 3 heterocycles. The Labute approximate surface area is 222 Å². The van der Waals surface area contributed by atoms with Crippen molar-refractivity contribution in [2.24, 2.45) is 0 Å². The zero-order chi connectivity index (χ0) is 26.0. The lowest BCUT2D eigenvalue weighted by Gasteiger charge is -2.54. The predicted octanol–water partition coefficient (Wildman–Crippen LogP) is 6.02. The number of carbonyl (C=O) groups excluding carboxylic acids is 2. The van der Waals surface area contributed by atoms with Gasteiger partial charge in [-0.1, -0.05) is 104 Å². The van der Waals surface area contributed by atoms with Gasteiger partial charge in [-0.05, 0) is 12.8 Å². The van der Waals surface area contributed by atoms with E-state index >= 15 is 0 Å². The van der Waals surface area contributed by atoms with E-state index in [1.165, 1.54) is 77.0 Å². The largest absolute Gasteiger partial charge is 0.462 e. The molecule has 0 N–H and O–H groups in total. The van der Waals surface area contributed by atoms with Gasteiger partial charge in [0.15, 0.2) is 13.1 Å². The summed E-state index contributed by atoms with van der Waals surface area (Å²) in [5, 5.41) is 0. The summed E-state index contributed by atoms with van der Waals surface area (Å²) in [5.41, 5.74) is 0. The van der Waals surface area contributed by atoms with E-state index in [2.05, 4.69) is 13.8 Å². The number of hydrogen-bond donors (Lipinski definition) is 0. The van der Waals surface area contributed by atoms with Crippen molar-refractivity contribution in [2.45, 2.75) is 117 Å². The highest BCUT2D eigenvalue weighted by Gasteiger charge is 2.51. The van der Waals surface area contributed by atoms with E-state index in [-0.39, 0.29) is 11.9 Å². The van der Waals surface area contributed by atoms with E-state index in [0.29, 0.717) is 26.3 Å². The van der Waals surface area contributed by atoms with Crippen molar-refractivity contribution >= 4 is 11.9 Å². The van der Waals surface area contributed by atoms with Crippen LogP contribution in [0.4, 0.5) is 0 Å². The fraction of sp³-hybridized carbons (Fsp3) is 0.933. The van der Waals surface area contributed by atoms with E-state index in [4.69, 9.17) is 9.47 Å². The normalized spacial score (nSPS) is 23.1. The fourth-order valence-electron chi connectivity index (χ4n) is 5.90. The van der Waals surface area contributed by atoms with Gasteiger partial charge in [-0.3, -0.25) is 0 Å². The monoisotopic (exact) mass is 510 g/mol. The van der Waals surface area contributed by atoms with Crippen LogP contribution in [0.15, 0.2) is 0 Å². The number of unbranched alkanes of at least 4 members (excludes halogenated alkanes) is 14. The Morgan fingerprint density at radius 1 is 0.472 bits per heavy atom. The van der Waals surface area contributed by atoms with Gasteiger partial charge < -0.3 is 18.4 Å². The van der Waals surface area contributed by atoms with Crippen LogP contribution in [0.1, 0.15) is 117 Å². The Hall–Kier alpha value is -1.14. The molecule has 3 fully saturated rings. The maximum absolute atomic E-state index is 12.5. The number of ether oxygens (including phenoxy) is 2. The number of nitrogens with zero attached hydrogens (tertiary/aromatic N) is 2. The second-order valence-electron chi connectivity index (χ2n) is 11.7. The molecule has 0 aromatic rings. The second kappa shape index (κ2) is 18.2. The van der Waals surface area contributed by atoms with Gasteiger partial charge in [0.25, 0.3) is 0 Å². The average molecular weight is 511 g/mol. The van der Waals surface area contributed by atoms with Crippen molar-refractivity contribution in [3.63, 3.8) is 0 Å². The van der Waals surface area contributed by atoms with Crippen LogP contribution in [-0.2, 0) is 19.1 Å². The molecule has 0 amide bonds. The highest BCUT2D eigenvalue weighted by molar-refractivity contribution is 5.71. The highest BCUT2D eigenvalue weighted by Crippen LogP contribution is 2.26. The zero-order valence-corrected chi connectivity index (χ0v) is 23.9. The summed E-state index contributed by atoms with van der Waals surface area (Å²) in [4.78, 5) is 25.0. The Bertz CT molecular complexity index is 533. The second-order valence-corrected chi connectivity index (χ2v) is 11.7. The first-order chi connectivity index (χ1) is 17.5. The lowest BCUT2D eigenvalue weighted by atomic mass is 10.1. The number of carbonyl (C=O) groups is 2. The summed E-state index contributed by atoms with van der Waals surface area (Å²) >= 11 is 0. The number of esters is 2. The lowest BCUT2D eigenvalue weighted by Crippen LogP contribution is -2.76. The third-order valence-electron chi connectivity index (χ3n) is 8.60. The van der Waals surface area contributed by atoms with E-state index in [9.17, 15) is 9.59 Å². The third-order valence-corrected chi connectivity index (χ3v) is 8.60. The molecule has 3 aliphatic heterocycles. The first-order valence-electron chi connectivity index (χ1n) is 15.5. The van der Waals surface area contributed by atoms with Crippen molar-refractivity contribution < 1.29 is 28.0 Å². The Kier molecular flexibility index (Phi) is 15.7. The number of hydrogen-bond acceptors (Lipinski definition) is 4. The molecule has 0 radical (unpaired) electrons. The molecule has 0 unspecified atom stereocenters. The van der Waals surface area contributed by atoms with Crippen LogP contribution in [0.3, 0.4) is 0 Å². The smallest absolute Gasteiger partial charge is 0.361 e. The van der Waals surface area contributed by atoms with Crippen molar-refractivity contribution in [2.75, 3.05) is 65.6 Å². The minimum absolute atomic E-state index is 0.0374. The molecule has 0 aromatic heterocycles. The summed E-state index contributed by atoms with van der Waals surface area (Å²) in [6.45, 7) is 12.5. The molecule has 3 aliphatic rings. The van der Waals surface area contributed by atoms with Crippen molar-refractivity contribution in [3.8, 4) is 0 Å². The van der Waals surface area contributed by atoms with Crippen molar-refractivity contribution in [1.82, 2.24) is 0 Å². The molecular formula is C30H58N2O4+2. The minimum Gasteiger partial charge on any atom is -0.462 e. The van der Waals surface area contributed by atoms with Gasteiger partial charge in [-0.15, -0.1) is 0 Å². The maximum atomic E-state index is 12.5. The van der Waals surface area contributed by atoms with Crippen LogP contribution < -0.4 is 0 Å². The molecule has 0 atom stereocenters. The maximum Gasteiger partial charge on any atom is 0.361 e. The summed E-state index contributed by atoms with van der Waals surface area (Å²) in [6, 6.07) is 0. The van der Waals surface area contributed by atoms with Gasteiger partial charge in [-0.2, -0.15) is 0 Å². The molecular weight excluding hydrogens is 452 g/mol. The van der Waals surface area contributed by atoms with Crippen molar-refractivity contribution in [3.05, 3.63) is 0 Å². The summed E-state index contributed by atoms with van der Waals surface area (Å²) < 4.78 is 12.9. The summed E-state index contributed by atoms with van der Waals surface area (Å²) in [6.07, 6.45) is 20.1. The summed E-state index contributed by atoms with van der Waals surface area (Å²) in [7, 11) is 0. The third kappa shape index (κ3) is 12.4. The Morgan fingerprint density at radius 2 is 0.750 bits per heavy atom. The van der Waals surface area contributed by atoms with Crippen LogP contribution in [0.5, 0.6) is 0 Å². The van der Waals surface area contributed by atoms with Gasteiger partial charge >= 0.3 is 11.9 Å². The molecule has 3 saturated heterocycles. The number of rotatable bonds is 22. The van der Waals surface area contributed by atoms with Gasteiger partial charge in [0.2, 0.25) is 0 Å². The van der Waals surface area contributed by atoms with Gasteiger partial charge in [0.05, 0.1) is 13.2 Å². The molecule has 0 spiro atoms. The van der Waals surface area contributed by atoms with E-state index in [1.54, 1.807) is 0 Å². The van der Waals surface area contributed by atoms with Gasteiger partial charge in [0.1, 0.15) is 39.3 Å². The molecule has 6 heteroatoms. The first kappa shape index (κ1) is 31.1. The van der Waals surface area contributed by atoms with Crippen LogP contribution in [0.2, 0.25) is 0 Å². The Morgan fingerprint density at radius 3 is 1.06 bits per heavy atom. The van der Waals surface area contributed by atoms with Crippen molar-refractivity contribution in [1.29, 1.82) is 0 Å². The van der Waals surface area contributed by atoms with Gasteiger partial charge in [-0.25, -0.2) is 9.59 Å². The molecule has 0 saturated carbocycles.